The number of nitro groups is 1. The number of benzene rings is 1. The first-order valence-corrected chi connectivity index (χ1v) is 6.68. The van der Waals surface area contributed by atoms with Crippen LogP contribution < -0.4 is 0 Å². The van der Waals surface area contributed by atoms with Crippen molar-refractivity contribution < 1.29 is 32.8 Å². The van der Waals surface area contributed by atoms with Gasteiger partial charge in [0, 0.05) is 5.56 Å². The number of carbonyl (C=O) groups is 2. The summed E-state index contributed by atoms with van der Waals surface area (Å²) < 4.78 is 37.5. The van der Waals surface area contributed by atoms with Crippen molar-refractivity contribution in [1.29, 1.82) is 0 Å². The Labute approximate surface area is 130 Å². The largest absolute Gasteiger partial charge is 0.465 e. The Morgan fingerprint density at radius 3 is 2.00 bits per heavy atom. The molecule has 0 spiro atoms. The summed E-state index contributed by atoms with van der Waals surface area (Å²) in [6, 6.07) is 0.739. The van der Waals surface area contributed by atoms with Crippen LogP contribution in [0, 0.1) is 21.7 Å². The minimum absolute atomic E-state index is 0.106. The summed E-state index contributed by atoms with van der Waals surface area (Å²) in [4.78, 5) is 33.7. The average molecular weight is 331 g/mol. The molecule has 23 heavy (non-hydrogen) atoms. The Kier molecular flexibility index (Phi) is 5.72. The first-order valence-electron chi connectivity index (χ1n) is 6.68. The Morgan fingerprint density at radius 2 is 1.61 bits per heavy atom. The SMILES string of the molecule is CCOC(=O)C(C)(C(=O)OCC)c1cc(F)c([N+](=O)[O-])cc1F. The van der Waals surface area contributed by atoms with Crippen LogP contribution in [-0.2, 0) is 24.5 Å². The number of halogens is 2. The summed E-state index contributed by atoms with van der Waals surface area (Å²) in [6.45, 7) is 3.73. The van der Waals surface area contributed by atoms with Gasteiger partial charge in [0.05, 0.1) is 24.2 Å². The molecule has 0 aromatic heterocycles. The van der Waals surface area contributed by atoms with Gasteiger partial charge < -0.3 is 9.47 Å². The zero-order valence-corrected chi connectivity index (χ0v) is 12.7. The third-order valence-corrected chi connectivity index (χ3v) is 3.14. The van der Waals surface area contributed by atoms with Crippen LogP contribution in [0.25, 0.3) is 0 Å². The van der Waals surface area contributed by atoms with E-state index < -0.39 is 45.2 Å². The predicted octanol–water partition coefficient (Wildman–Crippen LogP) is 2.26. The lowest BCUT2D eigenvalue weighted by Gasteiger charge is -2.25. The van der Waals surface area contributed by atoms with Gasteiger partial charge in [-0.15, -0.1) is 0 Å². The van der Waals surface area contributed by atoms with Crippen LogP contribution in [0.5, 0.6) is 0 Å². The molecule has 0 saturated heterocycles. The number of hydrogen-bond acceptors (Lipinski definition) is 6. The van der Waals surface area contributed by atoms with Crippen LogP contribution in [0.4, 0.5) is 14.5 Å². The van der Waals surface area contributed by atoms with E-state index >= 15 is 0 Å². The second-order valence-corrected chi connectivity index (χ2v) is 4.61. The number of ether oxygens (including phenoxy) is 2. The quantitative estimate of drug-likeness (QED) is 0.343. The van der Waals surface area contributed by atoms with Crippen LogP contribution in [0.15, 0.2) is 12.1 Å². The van der Waals surface area contributed by atoms with E-state index in [1.54, 1.807) is 0 Å². The highest BCUT2D eigenvalue weighted by atomic mass is 19.1. The molecule has 0 radical (unpaired) electrons. The van der Waals surface area contributed by atoms with Crippen LogP contribution in [-0.4, -0.2) is 30.1 Å². The molecular formula is C14H15F2NO6. The molecular weight excluding hydrogens is 316 g/mol. The summed E-state index contributed by atoms with van der Waals surface area (Å²) >= 11 is 0. The van der Waals surface area contributed by atoms with Crippen molar-refractivity contribution in [3.63, 3.8) is 0 Å². The van der Waals surface area contributed by atoms with Gasteiger partial charge in [0.25, 0.3) is 0 Å². The molecule has 0 aliphatic rings. The van der Waals surface area contributed by atoms with Crippen molar-refractivity contribution in [1.82, 2.24) is 0 Å². The molecule has 0 amide bonds. The van der Waals surface area contributed by atoms with Gasteiger partial charge in [0.15, 0.2) is 5.41 Å². The number of hydrogen-bond donors (Lipinski definition) is 0. The second-order valence-electron chi connectivity index (χ2n) is 4.61. The molecule has 1 aromatic rings. The molecule has 0 saturated carbocycles. The number of esters is 2. The van der Waals surface area contributed by atoms with E-state index in [1.807, 2.05) is 0 Å². The minimum atomic E-state index is -2.29. The molecule has 1 rings (SSSR count). The molecule has 0 heterocycles. The van der Waals surface area contributed by atoms with Crippen molar-refractivity contribution >= 4 is 17.6 Å². The summed E-state index contributed by atoms with van der Waals surface area (Å²) in [5.41, 5.74) is -4.09. The van der Waals surface area contributed by atoms with Crippen molar-refractivity contribution in [3.05, 3.63) is 39.4 Å². The second kappa shape index (κ2) is 7.12. The van der Waals surface area contributed by atoms with Gasteiger partial charge in [0.2, 0.25) is 5.82 Å². The fourth-order valence-corrected chi connectivity index (χ4v) is 1.91. The maximum atomic E-state index is 14.2. The first kappa shape index (κ1) is 18.5. The maximum Gasteiger partial charge on any atom is 0.327 e. The van der Waals surface area contributed by atoms with E-state index in [1.165, 1.54) is 13.8 Å². The smallest absolute Gasteiger partial charge is 0.327 e. The predicted molar refractivity (Wildman–Crippen MR) is 73.6 cm³/mol. The van der Waals surface area contributed by atoms with Crippen molar-refractivity contribution in [3.8, 4) is 0 Å². The Morgan fingerprint density at radius 1 is 1.13 bits per heavy atom. The Hall–Kier alpha value is -2.58. The molecule has 0 aliphatic carbocycles. The van der Waals surface area contributed by atoms with E-state index in [2.05, 4.69) is 0 Å². The van der Waals surface area contributed by atoms with Gasteiger partial charge in [-0.2, -0.15) is 4.39 Å². The first-order chi connectivity index (χ1) is 10.7. The normalized spacial score (nSPS) is 11.0. The summed E-state index contributed by atoms with van der Waals surface area (Å²) in [6.07, 6.45) is 0. The molecule has 126 valence electrons. The molecule has 0 aliphatic heterocycles. The van der Waals surface area contributed by atoms with E-state index in [9.17, 15) is 28.5 Å². The number of nitro benzene ring substituents is 1. The number of nitrogens with zero attached hydrogens (tertiary/aromatic N) is 1. The van der Waals surface area contributed by atoms with Crippen LogP contribution in [0.1, 0.15) is 26.3 Å². The number of carbonyl (C=O) groups excluding carboxylic acids is 2. The lowest BCUT2D eigenvalue weighted by Crippen LogP contribution is -2.44. The van der Waals surface area contributed by atoms with Gasteiger partial charge in [-0.3, -0.25) is 19.7 Å². The van der Waals surface area contributed by atoms with Crippen molar-refractivity contribution in [2.24, 2.45) is 0 Å². The molecule has 1 aromatic carbocycles. The van der Waals surface area contributed by atoms with Crippen LogP contribution in [0.2, 0.25) is 0 Å². The van der Waals surface area contributed by atoms with Crippen LogP contribution >= 0.6 is 0 Å². The van der Waals surface area contributed by atoms with Gasteiger partial charge in [-0.25, -0.2) is 4.39 Å². The van der Waals surface area contributed by atoms with E-state index in [0.29, 0.717) is 12.1 Å². The molecule has 0 atom stereocenters. The van der Waals surface area contributed by atoms with Crippen molar-refractivity contribution in [2.75, 3.05) is 13.2 Å². The molecule has 0 bridgehead atoms. The highest BCUT2D eigenvalue weighted by Crippen LogP contribution is 2.33. The monoisotopic (exact) mass is 331 g/mol. The van der Waals surface area contributed by atoms with E-state index in [0.717, 1.165) is 6.92 Å². The summed E-state index contributed by atoms with van der Waals surface area (Å²) in [7, 11) is 0. The van der Waals surface area contributed by atoms with Gasteiger partial charge in [-0.05, 0) is 26.8 Å². The highest BCUT2D eigenvalue weighted by molar-refractivity contribution is 6.06. The van der Waals surface area contributed by atoms with E-state index in [4.69, 9.17) is 9.47 Å². The highest BCUT2D eigenvalue weighted by Gasteiger charge is 2.48. The maximum absolute atomic E-state index is 14.2. The fourth-order valence-electron chi connectivity index (χ4n) is 1.91. The van der Waals surface area contributed by atoms with Gasteiger partial charge in [-0.1, -0.05) is 0 Å². The minimum Gasteiger partial charge on any atom is -0.465 e. The zero-order chi connectivity index (χ0) is 17.8. The molecule has 7 nitrogen and oxygen atoms in total. The lowest BCUT2D eigenvalue weighted by molar-refractivity contribution is -0.387. The number of rotatable bonds is 6. The molecule has 9 heteroatoms. The fraction of sp³-hybridized carbons (Fsp3) is 0.429. The third kappa shape index (κ3) is 3.43. The zero-order valence-electron chi connectivity index (χ0n) is 12.7. The summed E-state index contributed by atoms with van der Waals surface area (Å²) in [5.74, 6) is -4.97. The molecule has 0 N–H and O–H groups in total. The third-order valence-electron chi connectivity index (χ3n) is 3.14. The summed E-state index contributed by atoms with van der Waals surface area (Å²) in [5, 5.41) is 10.6. The topological polar surface area (TPSA) is 95.7 Å². The van der Waals surface area contributed by atoms with Gasteiger partial charge >= 0.3 is 17.6 Å². The molecule has 0 unspecified atom stereocenters. The molecule has 0 fully saturated rings. The van der Waals surface area contributed by atoms with Crippen LogP contribution in [0.3, 0.4) is 0 Å². The average Bonchev–Trinajstić information content (AvgIpc) is 2.48. The standard InChI is InChI=1S/C14H15F2NO6/c1-4-22-12(18)14(3,13(19)23-5-2)8-6-10(16)11(17(20)21)7-9(8)15/h6-7H,4-5H2,1-3H3. The van der Waals surface area contributed by atoms with Crippen molar-refractivity contribution in [2.45, 2.75) is 26.2 Å². The Bertz CT molecular complexity index is 628. The Balaban J connectivity index is 3.55. The van der Waals surface area contributed by atoms with E-state index in [-0.39, 0.29) is 13.2 Å². The van der Waals surface area contributed by atoms with Gasteiger partial charge in [0.1, 0.15) is 5.82 Å². The lowest BCUT2D eigenvalue weighted by atomic mass is 9.81.